The molecule has 0 bridgehead atoms. The molecule has 7 nitrogen and oxygen atoms in total. The zero-order valence-electron chi connectivity index (χ0n) is 16.3. The molecule has 0 saturated heterocycles. The van der Waals surface area contributed by atoms with E-state index < -0.39 is 44.6 Å². The largest absolute Gasteiger partial charge is 0.419 e. The van der Waals surface area contributed by atoms with Gasteiger partial charge in [0.25, 0.3) is 5.69 Å². The number of hydrogen-bond acceptors (Lipinski definition) is 5. The standard InChI is InChI=1S/C18H19F4N3O4S.ClH/c1-11(2)24(30(28,29)14-6-4-13(5-7-14)25(26)27)10-17(23)12-3-8-16(19)15(9-12)18(20,21)22;/h3-9,11,17H,10,23H2,1-2H3;1H/t17-;/m0./s1. The molecule has 172 valence electrons. The fraction of sp³-hybridized carbons (Fsp3) is 0.333. The van der Waals surface area contributed by atoms with Gasteiger partial charge in [-0.15, -0.1) is 12.4 Å². The van der Waals surface area contributed by atoms with Crippen LogP contribution in [-0.4, -0.2) is 30.2 Å². The van der Waals surface area contributed by atoms with E-state index in [2.05, 4.69) is 0 Å². The molecule has 1 atom stereocenters. The van der Waals surface area contributed by atoms with E-state index in [1.54, 1.807) is 13.8 Å². The van der Waals surface area contributed by atoms with Gasteiger partial charge in [-0.3, -0.25) is 10.1 Å². The van der Waals surface area contributed by atoms with Crippen LogP contribution in [0.4, 0.5) is 23.2 Å². The highest BCUT2D eigenvalue weighted by molar-refractivity contribution is 7.89. The van der Waals surface area contributed by atoms with Gasteiger partial charge in [-0.05, 0) is 43.7 Å². The van der Waals surface area contributed by atoms with Crippen LogP contribution in [0, 0.1) is 15.9 Å². The molecule has 31 heavy (non-hydrogen) atoms. The maximum atomic E-state index is 13.5. The first-order valence-corrected chi connectivity index (χ1v) is 10.1. The van der Waals surface area contributed by atoms with Crippen molar-refractivity contribution in [3.05, 3.63) is 69.5 Å². The smallest absolute Gasteiger partial charge is 0.323 e. The van der Waals surface area contributed by atoms with E-state index >= 15 is 0 Å². The summed E-state index contributed by atoms with van der Waals surface area (Å²) in [5.41, 5.74) is 4.07. The van der Waals surface area contributed by atoms with Crippen molar-refractivity contribution in [2.45, 2.75) is 37.0 Å². The van der Waals surface area contributed by atoms with Gasteiger partial charge >= 0.3 is 6.18 Å². The number of hydrogen-bond donors (Lipinski definition) is 1. The predicted octanol–water partition coefficient (Wildman–Crippen LogP) is 4.27. The minimum Gasteiger partial charge on any atom is -0.323 e. The van der Waals surface area contributed by atoms with Gasteiger partial charge in [0.15, 0.2) is 0 Å². The minimum atomic E-state index is -4.93. The molecule has 2 aromatic carbocycles. The molecular weight excluding hydrogens is 466 g/mol. The Balaban J connectivity index is 0.00000480. The molecule has 0 unspecified atom stereocenters. The van der Waals surface area contributed by atoms with Gasteiger partial charge in [-0.25, -0.2) is 12.8 Å². The van der Waals surface area contributed by atoms with E-state index in [4.69, 9.17) is 5.73 Å². The molecule has 2 N–H and O–H groups in total. The van der Waals surface area contributed by atoms with Crippen molar-refractivity contribution < 1.29 is 30.9 Å². The Bertz CT molecular complexity index is 1030. The average Bonchev–Trinajstić information content (AvgIpc) is 2.64. The number of non-ortho nitro benzene ring substituents is 1. The van der Waals surface area contributed by atoms with Crippen molar-refractivity contribution in [3.63, 3.8) is 0 Å². The van der Waals surface area contributed by atoms with E-state index in [0.29, 0.717) is 12.1 Å². The summed E-state index contributed by atoms with van der Waals surface area (Å²) >= 11 is 0. The van der Waals surface area contributed by atoms with Crippen molar-refractivity contribution in [1.82, 2.24) is 4.31 Å². The van der Waals surface area contributed by atoms with Gasteiger partial charge in [-0.1, -0.05) is 6.07 Å². The Morgan fingerprint density at radius 2 is 1.68 bits per heavy atom. The van der Waals surface area contributed by atoms with Gasteiger partial charge in [0.2, 0.25) is 10.0 Å². The molecule has 2 aromatic rings. The van der Waals surface area contributed by atoms with Crippen LogP contribution in [0.3, 0.4) is 0 Å². The number of nitro groups is 1. The molecule has 0 aliphatic rings. The highest BCUT2D eigenvalue weighted by atomic mass is 35.5. The monoisotopic (exact) mass is 485 g/mol. The van der Waals surface area contributed by atoms with E-state index in [1.165, 1.54) is 0 Å². The van der Waals surface area contributed by atoms with E-state index in [0.717, 1.165) is 34.6 Å². The second-order valence-corrected chi connectivity index (χ2v) is 8.65. The van der Waals surface area contributed by atoms with Crippen LogP contribution in [-0.2, 0) is 16.2 Å². The second kappa shape index (κ2) is 9.90. The summed E-state index contributed by atoms with van der Waals surface area (Å²) in [6.07, 6.45) is -4.93. The third-order valence-corrected chi connectivity index (χ3v) is 6.39. The molecule has 0 spiro atoms. The summed E-state index contributed by atoms with van der Waals surface area (Å²) < 4.78 is 79.2. The Morgan fingerprint density at radius 3 is 2.13 bits per heavy atom. The molecular formula is C18H20ClF4N3O4S. The van der Waals surface area contributed by atoms with Crippen LogP contribution in [0.1, 0.15) is 31.0 Å². The zero-order valence-corrected chi connectivity index (χ0v) is 18.0. The minimum absolute atomic E-state index is 0. The van der Waals surface area contributed by atoms with Gasteiger partial charge < -0.3 is 5.73 Å². The maximum Gasteiger partial charge on any atom is 0.419 e. The average molecular weight is 486 g/mol. The molecule has 0 radical (unpaired) electrons. The number of nitro benzene ring substituents is 1. The molecule has 0 saturated carbocycles. The quantitative estimate of drug-likeness (QED) is 0.358. The van der Waals surface area contributed by atoms with Gasteiger partial charge in [0.1, 0.15) is 5.82 Å². The third kappa shape index (κ3) is 6.12. The van der Waals surface area contributed by atoms with Crippen LogP contribution in [0.5, 0.6) is 0 Å². The summed E-state index contributed by atoms with van der Waals surface area (Å²) in [7, 11) is -4.16. The first-order chi connectivity index (χ1) is 13.7. The van der Waals surface area contributed by atoms with Crippen molar-refractivity contribution in [2.24, 2.45) is 5.73 Å². The number of halogens is 5. The number of alkyl halides is 3. The third-order valence-electron chi connectivity index (χ3n) is 4.33. The first-order valence-electron chi connectivity index (χ1n) is 8.63. The highest BCUT2D eigenvalue weighted by Crippen LogP contribution is 2.33. The Hall–Kier alpha value is -2.28. The van der Waals surface area contributed by atoms with Crippen molar-refractivity contribution >= 4 is 28.1 Å². The Labute approximate surface area is 182 Å². The fourth-order valence-corrected chi connectivity index (χ4v) is 4.41. The second-order valence-electron chi connectivity index (χ2n) is 6.76. The number of sulfonamides is 1. The number of rotatable bonds is 7. The molecule has 0 heterocycles. The van der Waals surface area contributed by atoms with E-state index in [9.17, 15) is 36.1 Å². The molecule has 0 amide bonds. The highest BCUT2D eigenvalue weighted by Gasteiger charge is 2.35. The maximum absolute atomic E-state index is 13.5. The normalized spacial score (nSPS) is 13.2. The van der Waals surface area contributed by atoms with Gasteiger partial charge in [0, 0.05) is 30.8 Å². The summed E-state index contributed by atoms with van der Waals surface area (Å²) in [5.74, 6) is -1.46. The van der Waals surface area contributed by atoms with Crippen LogP contribution >= 0.6 is 12.4 Å². The summed E-state index contributed by atoms with van der Waals surface area (Å²) in [6.45, 7) is 2.70. The molecule has 2 rings (SSSR count). The SMILES string of the molecule is CC(C)N(C[C@H](N)c1ccc(F)c(C(F)(F)F)c1)S(=O)(=O)c1ccc([N+](=O)[O-])cc1.Cl. The zero-order chi connectivity index (χ0) is 22.9. The van der Waals surface area contributed by atoms with Gasteiger partial charge in [0.05, 0.1) is 15.4 Å². The van der Waals surface area contributed by atoms with Crippen molar-refractivity contribution in [3.8, 4) is 0 Å². The fourth-order valence-electron chi connectivity index (χ4n) is 2.75. The summed E-state index contributed by atoms with van der Waals surface area (Å²) in [4.78, 5) is 9.84. The lowest BCUT2D eigenvalue weighted by Gasteiger charge is -2.29. The molecule has 0 aliphatic carbocycles. The lowest BCUT2D eigenvalue weighted by atomic mass is 10.0. The molecule has 0 aromatic heterocycles. The first kappa shape index (κ1) is 26.8. The molecule has 13 heteroatoms. The Morgan fingerprint density at radius 1 is 1.13 bits per heavy atom. The van der Waals surface area contributed by atoms with Crippen molar-refractivity contribution in [2.75, 3.05) is 6.54 Å². The van der Waals surface area contributed by atoms with Gasteiger partial charge in [-0.2, -0.15) is 17.5 Å². The number of nitrogens with zero attached hydrogens (tertiary/aromatic N) is 2. The van der Waals surface area contributed by atoms with E-state index in [-0.39, 0.29) is 35.1 Å². The predicted molar refractivity (Wildman–Crippen MR) is 108 cm³/mol. The van der Waals surface area contributed by atoms with Crippen LogP contribution in [0.25, 0.3) is 0 Å². The lowest BCUT2D eigenvalue weighted by Crippen LogP contribution is -2.41. The molecule has 0 fully saturated rings. The van der Waals surface area contributed by atoms with Crippen LogP contribution in [0.2, 0.25) is 0 Å². The lowest BCUT2D eigenvalue weighted by molar-refractivity contribution is -0.384. The van der Waals surface area contributed by atoms with E-state index in [1.807, 2.05) is 0 Å². The van der Waals surface area contributed by atoms with Crippen molar-refractivity contribution in [1.29, 1.82) is 0 Å². The topological polar surface area (TPSA) is 107 Å². The van der Waals surface area contributed by atoms with Crippen LogP contribution in [0.15, 0.2) is 47.4 Å². The summed E-state index contributed by atoms with van der Waals surface area (Å²) in [5, 5.41) is 10.8. The number of nitrogens with two attached hydrogens (primary N) is 1. The Kier molecular flexibility index (Phi) is 8.54. The van der Waals surface area contributed by atoms with Crippen LogP contribution < -0.4 is 5.73 Å². The number of benzene rings is 2. The molecule has 0 aliphatic heterocycles. The summed E-state index contributed by atoms with van der Waals surface area (Å²) in [6, 6.07) is 4.62.